The van der Waals surface area contributed by atoms with Crippen molar-refractivity contribution in [2.45, 2.75) is 38.3 Å². The van der Waals surface area contributed by atoms with Crippen LogP contribution < -0.4 is 15.5 Å². The molecule has 2 aromatic heterocycles. The number of hydrogen-bond acceptors (Lipinski definition) is 8. The van der Waals surface area contributed by atoms with Crippen LogP contribution in [0.4, 0.5) is 17.7 Å². The third-order valence-electron chi connectivity index (χ3n) is 5.75. The van der Waals surface area contributed by atoms with Crippen LogP contribution in [-0.4, -0.2) is 41.6 Å². The summed E-state index contributed by atoms with van der Waals surface area (Å²) in [6.07, 6.45) is 4.34. The van der Waals surface area contributed by atoms with E-state index in [1.807, 2.05) is 43.3 Å². The number of hydrogen-bond donors (Lipinski definition) is 2. The molecule has 164 valence electrons. The fourth-order valence-corrected chi connectivity index (χ4v) is 4.12. The van der Waals surface area contributed by atoms with Crippen LogP contribution >= 0.6 is 0 Å². The highest BCUT2D eigenvalue weighted by Gasteiger charge is 2.22. The Morgan fingerprint density at radius 2 is 1.90 bits per heavy atom. The van der Waals surface area contributed by atoms with Crippen molar-refractivity contribution in [1.82, 2.24) is 15.3 Å². The van der Waals surface area contributed by atoms with Gasteiger partial charge in [-0.2, -0.15) is 4.98 Å². The molecule has 9 heteroatoms. The second-order valence-electron chi connectivity index (χ2n) is 8.27. The molecule has 0 atom stereocenters. The summed E-state index contributed by atoms with van der Waals surface area (Å²) in [6, 6.07) is 11.5. The minimum absolute atomic E-state index is 0.211. The zero-order valence-electron chi connectivity index (χ0n) is 17.9. The SMILES string of the molecule is CN(C)c1nc(NC2CCC(CNCc3ccc([N+](=O)[O-])o3)CC2)nc2ccccc12. The summed E-state index contributed by atoms with van der Waals surface area (Å²) in [4.78, 5) is 21.6. The Morgan fingerprint density at radius 1 is 1.13 bits per heavy atom. The van der Waals surface area contributed by atoms with Gasteiger partial charge in [-0.1, -0.05) is 12.1 Å². The van der Waals surface area contributed by atoms with E-state index in [1.165, 1.54) is 6.07 Å². The quantitative estimate of drug-likeness (QED) is 0.413. The Hall–Kier alpha value is -3.20. The van der Waals surface area contributed by atoms with Crippen molar-refractivity contribution in [3.05, 3.63) is 52.3 Å². The first-order valence-corrected chi connectivity index (χ1v) is 10.6. The Balaban J connectivity index is 1.27. The standard InChI is InChI=1S/C22H28N6O3/c1-27(2)21-18-5-3-4-6-19(18)25-22(26-21)24-16-9-7-15(8-10-16)13-23-14-17-11-12-20(31-17)28(29)30/h3-6,11-12,15-16,23H,7-10,13-14H2,1-2H3,(H,24,25,26). The summed E-state index contributed by atoms with van der Waals surface area (Å²) in [5, 5.41) is 18.6. The number of anilines is 2. The molecular weight excluding hydrogens is 396 g/mol. The van der Waals surface area contributed by atoms with E-state index in [4.69, 9.17) is 14.4 Å². The lowest BCUT2D eigenvalue weighted by Gasteiger charge is -2.29. The van der Waals surface area contributed by atoms with E-state index in [0.29, 0.717) is 30.2 Å². The number of para-hydroxylation sites is 1. The third kappa shape index (κ3) is 5.11. The summed E-state index contributed by atoms with van der Waals surface area (Å²) in [5.74, 6) is 2.56. The van der Waals surface area contributed by atoms with Crippen molar-refractivity contribution in [1.29, 1.82) is 0 Å². The molecule has 2 heterocycles. The number of nitro groups is 1. The van der Waals surface area contributed by atoms with Gasteiger partial charge in [-0.15, -0.1) is 0 Å². The van der Waals surface area contributed by atoms with Gasteiger partial charge in [0.05, 0.1) is 18.1 Å². The molecule has 1 aliphatic rings. The maximum atomic E-state index is 10.7. The van der Waals surface area contributed by atoms with Gasteiger partial charge >= 0.3 is 5.88 Å². The highest BCUT2D eigenvalue weighted by atomic mass is 16.6. The van der Waals surface area contributed by atoms with E-state index in [9.17, 15) is 10.1 Å². The zero-order valence-corrected chi connectivity index (χ0v) is 17.9. The van der Waals surface area contributed by atoms with Gasteiger partial charge in [-0.3, -0.25) is 10.1 Å². The van der Waals surface area contributed by atoms with E-state index in [-0.39, 0.29) is 5.88 Å². The van der Waals surface area contributed by atoms with Crippen molar-refractivity contribution in [2.75, 3.05) is 30.9 Å². The highest BCUT2D eigenvalue weighted by molar-refractivity contribution is 5.90. The first-order valence-electron chi connectivity index (χ1n) is 10.6. The van der Waals surface area contributed by atoms with Crippen LogP contribution in [0.5, 0.6) is 0 Å². The molecule has 0 unspecified atom stereocenters. The molecule has 2 N–H and O–H groups in total. The van der Waals surface area contributed by atoms with Gasteiger partial charge in [0.1, 0.15) is 16.5 Å². The van der Waals surface area contributed by atoms with Crippen LogP contribution in [-0.2, 0) is 6.54 Å². The van der Waals surface area contributed by atoms with E-state index in [0.717, 1.165) is 48.9 Å². The molecule has 0 radical (unpaired) electrons. The molecule has 0 saturated heterocycles. The average Bonchev–Trinajstić information content (AvgIpc) is 3.24. The number of aromatic nitrogens is 2. The van der Waals surface area contributed by atoms with Crippen molar-refractivity contribution < 1.29 is 9.34 Å². The Morgan fingerprint density at radius 3 is 2.61 bits per heavy atom. The zero-order chi connectivity index (χ0) is 21.8. The molecule has 0 aliphatic heterocycles. The van der Waals surface area contributed by atoms with Gasteiger partial charge in [0.15, 0.2) is 0 Å². The van der Waals surface area contributed by atoms with Gasteiger partial charge in [0, 0.05) is 25.5 Å². The molecule has 0 bridgehead atoms. The van der Waals surface area contributed by atoms with Crippen LogP contribution in [0.15, 0.2) is 40.8 Å². The van der Waals surface area contributed by atoms with Crippen LogP contribution in [0.25, 0.3) is 10.9 Å². The van der Waals surface area contributed by atoms with Crippen molar-refractivity contribution in [3.63, 3.8) is 0 Å². The smallest absolute Gasteiger partial charge is 0.404 e. The minimum Gasteiger partial charge on any atom is -0.404 e. The first kappa shape index (κ1) is 21.0. The first-order chi connectivity index (χ1) is 15.0. The molecular formula is C22H28N6O3. The van der Waals surface area contributed by atoms with Crippen LogP contribution in [0.2, 0.25) is 0 Å². The lowest BCUT2D eigenvalue weighted by Crippen LogP contribution is -2.31. The fraction of sp³-hybridized carbons (Fsp3) is 0.455. The summed E-state index contributed by atoms with van der Waals surface area (Å²) in [7, 11) is 4.00. The Labute approximate surface area is 181 Å². The summed E-state index contributed by atoms with van der Waals surface area (Å²) >= 11 is 0. The van der Waals surface area contributed by atoms with Crippen LogP contribution in [0.3, 0.4) is 0 Å². The summed E-state index contributed by atoms with van der Waals surface area (Å²) in [6.45, 7) is 1.38. The monoisotopic (exact) mass is 424 g/mol. The lowest BCUT2D eigenvalue weighted by atomic mass is 9.86. The molecule has 1 fully saturated rings. The molecule has 1 aliphatic carbocycles. The van der Waals surface area contributed by atoms with E-state index >= 15 is 0 Å². The number of furan rings is 1. The topological polar surface area (TPSA) is 109 Å². The van der Waals surface area contributed by atoms with Crippen molar-refractivity contribution in [3.8, 4) is 0 Å². The highest BCUT2D eigenvalue weighted by Crippen LogP contribution is 2.28. The van der Waals surface area contributed by atoms with E-state index in [1.54, 1.807) is 6.07 Å². The van der Waals surface area contributed by atoms with Gasteiger partial charge in [-0.05, 0) is 56.3 Å². The van der Waals surface area contributed by atoms with Crippen LogP contribution in [0.1, 0.15) is 31.4 Å². The van der Waals surface area contributed by atoms with Crippen molar-refractivity contribution in [2.24, 2.45) is 5.92 Å². The predicted molar refractivity (Wildman–Crippen MR) is 120 cm³/mol. The van der Waals surface area contributed by atoms with Gasteiger partial charge in [0.2, 0.25) is 5.95 Å². The van der Waals surface area contributed by atoms with E-state index in [2.05, 4.69) is 10.6 Å². The number of rotatable bonds is 8. The largest absolute Gasteiger partial charge is 0.433 e. The minimum atomic E-state index is -0.515. The Kier molecular flexibility index (Phi) is 6.31. The molecule has 1 aromatic carbocycles. The van der Waals surface area contributed by atoms with Gasteiger partial charge < -0.3 is 20.0 Å². The second kappa shape index (κ2) is 9.30. The molecule has 4 rings (SSSR count). The molecule has 9 nitrogen and oxygen atoms in total. The Bertz CT molecular complexity index is 1040. The van der Waals surface area contributed by atoms with Crippen LogP contribution in [0, 0.1) is 16.0 Å². The number of benzene rings is 1. The molecule has 31 heavy (non-hydrogen) atoms. The third-order valence-corrected chi connectivity index (χ3v) is 5.75. The maximum Gasteiger partial charge on any atom is 0.433 e. The molecule has 1 saturated carbocycles. The molecule has 0 amide bonds. The van der Waals surface area contributed by atoms with Crippen molar-refractivity contribution >= 4 is 28.6 Å². The average molecular weight is 425 g/mol. The number of fused-ring (bicyclic) bond motifs is 1. The second-order valence-corrected chi connectivity index (χ2v) is 8.27. The summed E-state index contributed by atoms with van der Waals surface area (Å²) < 4.78 is 5.19. The summed E-state index contributed by atoms with van der Waals surface area (Å²) in [5.41, 5.74) is 0.944. The lowest BCUT2D eigenvalue weighted by molar-refractivity contribution is -0.402. The van der Waals surface area contributed by atoms with Gasteiger partial charge in [-0.25, -0.2) is 4.98 Å². The number of nitrogens with one attached hydrogen (secondary N) is 2. The fourth-order valence-electron chi connectivity index (χ4n) is 4.12. The molecule has 3 aromatic rings. The predicted octanol–water partition coefficient (Wildman–Crippen LogP) is 3.96. The van der Waals surface area contributed by atoms with E-state index < -0.39 is 4.92 Å². The molecule has 0 spiro atoms. The normalized spacial score (nSPS) is 18.8. The maximum absolute atomic E-state index is 10.7. The van der Waals surface area contributed by atoms with Gasteiger partial charge in [0.25, 0.3) is 0 Å². The number of nitrogens with zero attached hydrogens (tertiary/aromatic N) is 4.